The molecule has 0 spiro atoms. The van der Waals surface area contributed by atoms with Crippen LogP contribution in [0.15, 0.2) is 23.0 Å². The first-order valence-electron chi connectivity index (χ1n) is 9.91. The Morgan fingerprint density at radius 2 is 1.92 bits per heavy atom. The molecule has 0 aromatic carbocycles. The third-order valence-electron chi connectivity index (χ3n) is 6.37. The molecule has 0 aromatic rings. The molecule has 2 unspecified atom stereocenters. The van der Waals surface area contributed by atoms with Crippen molar-refractivity contribution >= 4 is 6.21 Å². The van der Waals surface area contributed by atoms with Crippen LogP contribution in [0.1, 0.15) is 48.0 Å². The highest BCUT2D eigenvalue weighted by Crippen LogP contribution is 2.39. The minimum Gasteiger partial charge on any atom is -0.379 e. The quantitative estimate of drug-likeness (QED) is 0.703. The molecule has 0 radical (unpaired) electrons. The molecule has 142 valence electrons. The Hall–Kier alpha value is -1.13. The predicted octanol–water partition coefficient (Wildman–Crippen LogP) is 4.15. The molecule has 4 nitrogen and oxygen atoms in total. The Morgan fingerprint density at radius 1 is 1.28 bits per heavy atom. The lowest BCUT2D eigenvalue weighted by molar-refractivity contribution is 0.0225. The smallest absolute Gasteiger partial charge is 0.0594 e. The van der Waals surface area contributed by atoms with Gasteiger partial charge in [-0.1, -0.05) is 20.8 Å². The molecule has 1 saturated heterocycles. The Labute approximate surface area is 154 Å². The summed E-state index contributed by atoms with van der Waals surface area (Å²) >= 11 is 0. The van der Waals surface area contributed by atoms with Gasteiger partial charge in [0.25, 0.3) is 0 Å². The van der Waals surface area contributed by atoms with Crippen LogP contribution in [0, 0.1) is 23.2 Å². The van der Waals surface area contributed by atoms with Gasteiger partial charge in [0.15, 0.2) is 0 Å². The summed E-state index contributed by atoms with van der Waals surface area (Å²) in [4.78, 5) is 5.02. The molecule has 2 rings (SSSR count). The summed E-state index contributed by atoms with van der Waals surface area (Å²) in [6.45, 7) is 18.6. The van der Waals surface area contributed by atoms with Crippen molar-refractivity contribution in [2.45, 2.75) is 54.0 Å². The number of rotatable bonds is 7. The van der Waals surface area contributed by atoms with E-state index in [1.54, 1.807) is 6.21 Å². The second-order valence-electron chi connectivity index (χ2n) is 7.74. The molecule has 2 heterocycles. The topological polar surface area (TPSA) is 39.6 Å². The van der Waals surface area contributed by atoms with Crippen LogP contribution >= 0.6 is 0 Å². The highest BCUT2D eigenvalue weighted by molar-refractivity contribution is 5.53. The van der Waals surface area contributed by atoms with Crippen molar-refractivity contribution in [1.29, 1.82) is 5.41 Å². The lowest BCUT2D eigenvalue weighted by Gasteiger charge is -2.43. The molecule has 0 amide bonds. The van der Waals surface area contributed by atoms with Crippen LogP contribution in [0.3, 0.4) is 0 Å². The lowest BCUT2D eigenvalue weighted by atomic mass is 9.76. The maximum absolute atomic E-state index is 7.43. The zero-order valence-electron chi connectivity index (χ0n) is 17.0. The van der Waals surface area contributed by atoms with E-state index in [0.29, 0.717) is 23.8 Å². The number of nitrogens with one attached hydrogen (secondary N) is 1. The van der Waals surface area contributed by atoms with E-state index in [0.717, 1.165) is 39.3 Å². The maximum atomic E-state index is 7.43. The van der Waals surface area contributed by atoms with E-state index in [1.165, 1.54) is 16.8 Å². The molecule has 0 aliphatic carbocycles. The summed E-state index contributed by atoms with van der Waals surface area (Å²) in [5, 5.41) is 7.43. The van der Waals surface area contributed by atoms with Crippen LogP contribution in [-0.4, -0.2) is 54.9 Å². The second kappa shape index (κ2) is 9.00. The minimum atomic E-state index is 0.429. The summed E-state index contributed by atoms with van der Waals surface area (Å²) in [6.07, 6.45) is 4.83. The van der Waals surface area contributed by atoms with Gasteiger partial charge in [-0.15, -0.1) is 0 Å². The normalized spacial score (nSPS) is 26.2. The average molecular weight is 348 g/mol. The van der Waals surface area contributed by atoms with Gasteiger partial charge in [0.05, 0.1) is 13.2 Å². The number of morpholine rings is 1. The van der Waals surface area contributed by atoms with Gasteiger partial charge in [-0.25, -0.2) is 0 Å². The van der Waals surface area contributed by atoms with E-state index < -0.39 is 0 Å². The van der Waals surface area contributed by atoms with Crippen molar-refractivity contribution in [2.24, 2.45) is 17.8 Å². The molecule has 0 aromatic heterocycles. The molecule has 4 heteroatoms. The summed E-state index contributed by atoms with van der Waals surface area (Å²) in [7, 11) is 0. The first-order chi connectivity index (χ1) is 11.9. The van der Waals surface area contributed by atoms with Gasteiger partial charge >= 0.3 is 0 Å². The number of likely N-dealkylation sites (N-methyl/N-ethyl adjacent to an activating group) is 1. The van der Waals surface area contributed by atoms with Gasteiger partial charge < -0.3 is 15.0 Å². The molecule has 1 N–H and O–H groups in total. The van der Waals surface area contributed by atoms with Crippen LogP contribution in [-0.2, 0) is 4.74 Å². The Balaban J connectivity index is 2.26. The molecular weight excluding hydrogens is 310 g/mol. The standard InChI is InChI=1S/C21H37N3O/c1-7-23-14-20(16(3)15(2)8-9-22)17(4)18(5)21(23)19(6)24-10-12-25-13-11-24/h9,14-17,19,22H,7-8,10-13H2,1-6H3/t15-,16+,17?,19?/m1/s1. The Bertz CT molecular complexity index is 519. The highest BCUT2D eigenvalue weighted by atomic mass is 16.5. The summed E-state index contributed by atoms with van der Waals surface area (Å²) in [6, 6.07) is 0.429. The fourth-order valence-electron chi connectivity index (χ4n) is 4.26. The maximum Gasteiger partial charge on any atom is 0.0594 e. The monoisotopic (exact) mass is 347 g/mol. The van der Waals surface area contributed by atoms with Gasteiger partial charge in [-0.2, -0.15) is 0 Å². The van der Waals surface area contributed by atoms with Gasteiger partial charge in [0.1, 0.15) is 0 Å². The fourth-order valence-corrected chi connectivity index (χ4v) is 4.26. The van der Waals surface area contributed by atoms with Crippen LogP contribution in [0.25, 0.3) is 0 Å². The SMILES string of the molecule is CCN1C=C([C@@H](C)[C@H](C)CC=N)C(C)C(C)=C1C(C)N1CCOCC1. The lowest BCUT2D eigenvalue weighted by Crippen LogP contribution is -2.47. The molecule has 4 atom stereocenters. The summed E-state index contributed by atoms with van der Waals surface area (Å²) < 4.78 is 5.53. The van der Waals surface area contributed by atoms with Gasteiger partial charge in [-0.3, -0.25) is 4.90 Å². The summed E-state index contributed by atoms with van der Waals surface area (Å²) in [5.74, 6) is 1.49. The van der Waals surface area contributed by atoms with E-state index in [1.807, 2.05) is 0 Å². The third kappa shape index (κ3) is 4.35. The molecule has 0 bridgehead atoms. The molecular formula is C21H37N3O. The van der Waals surface area contributed by atoms with Crippen LogP contribution in [0.2, 0.25) is 0 Å². The van der Waals surface area contributed by atoms with Crippen LogP contribution in [0.5, 0.6) is 0 Å². The zero-order valence-corrected chi connectivity index (χ0v) is 17.0. The Morgan fingerprint density at radius 3 is 2.48 bits per heavy atom. The van der Waals surface area contributed by atoms with Crippen LogP contribution in [0.4, 0.5) is 0 Å². The number of allylic oxidation sites excluding steroid dienone is 2. The average Bonchev–Trinajstić information content (AvgIpc) is 2.63. The van der Waals surface area contributed by atoms with Crippen molar-refractivity contribution in [3.05, 3.63) is 23.0 Å². The van der Waals surface area contributed by atoms with Crippen molar-refractivity contribution in [2.75, 3.05) is 32.8 Å². The molecule has 25 heavy (non-hydrogen) atoms. The van der Waals surface area contributed by atoms with Gasteiger partial charge in [0.2, 0.25) is 0 Å². The first kappa shape index (κ1) is 20.2. The number of ether oxygens (including phenoxy) is 1. The van der Waals surface area contributed by atoms with E-state index in [2.05, 4.69) is 57.5 Å². The second-order valence-corrected chi connectivity index (χ2v) is 7.74. The molecule has 2 aliphatic heterocycles. The zero-order chi connectivity index (χ0) is 18.6. The molecule has 1 fully saturated rings. The van der Waals surface area contributed by atoms with Crippen LogP contribution < -0.4 is 0 Å². The predicted molar refractivity (Wildman–Crippen MR) is 106 cm³/mol. The first-order valence-corrected chi connectivity index (χ1v) is 9.91. The van der Waals surface area contributed by atoms with Crippen molar-refractivity contribution in [1.82, 2.24) is 9.80 Å². The van der Waals surface area contributed by atoms with E-state index in [4.69, 9.17) is 10.1 Å². The van der Waals surface area contributed by atoms with E-state index in [9.17, 15) is 0 Å². The van der Waals surface area contributed by atoms with Gasteiger partial charge in [0, 0.05) is 43.5 Å². The highest BCUT2D eigenvalue weighted by Gasteiger charge is 2.32. The largest absolute Gasteiger partial charge is 0.379 e. The number of nitrogens with zero attached hydrogens (tertiary/aromatic N) is 2. The number of hydrogen-bond donors (Lipinski definition) is 1. The van der Waals surface area contributed by atoms with Gasteiger partial charge in [-0.05, 0) is 56.4 Å². The van der Waals surface area contributed by atoms with Crippen molar-refractivity contribution < 1.29 is 4.74 Å². The Kier molecular flexibility index (Phi) is 7.26. The van der Waals surface area contributed by atoms with Crippen molar-refractivity contribution in [3.63, 3.8) is 0 Å². The fraction of sp³-hybridized carbons (Fsp3) is 0.762. The third-order valence-corrected chi connectivity index (χ3v) is 6.37. The van der Waals surface area contributed by atoms with Crippen molar-refractivity contribution in [3.8, 4) is 0 Å². The minimum absolute atomic E-state index is 0.429. The van der Waals surface area contributed by atoms with E-state index in [-0.39, 0.29) is 0 Å². The molecule has 2 aliphatic rings. The number of hydrogen-bond acceptors (Lipinski definition) is 4. The summed E-state index contributed by atoms with van der Waals surface area (Å²) in [5.41, 5.74) is 4.51. The van der Waals surface area contributed by atoms with E-state index >= 15 is 0 Å². The molecule has 0 saturated carbocycles.